The summed E-state index contributed by atoms with van der Waals surface area (Å²) in [6.07, 6.45) is 0.357. The summed E-state index contributed by atoms with van der Waals surface area (Å²) in [5, 5.41) is 0. The number of halogens is 1. The number of nitrogens with zero attached hydrogens (tertiary/aromatic N) is 1. The fourth-order valence-corrected chi connectivity index (χ4v) is 2.56. The molecule has 19 heavy (non-hydrogen) atoms. The summed E-state index contributed by atoms with van der Waals surface area (Å²) in [5.41, 5.74) is 0.207. The third kappa shape index (κ3) is 2.95. The van der Waals surface area contributed by atoms with Crippen molar-refractivity contribution in [2.24, 2.45) is 0 Å². The lowest BCUT2D eigenvalue weighted by Gasteiger charge is -2.23. The molecular weight excluding hydrogens is 245 g/mol. The van der Waals surface area contributed by atoms with Gasteiger partial charge >= 0.3 is 0 Å². The second-order valence-corrected chi connectivity index (χ2v) is 4.98. The van der Waals surface area contributed by atoms with E-state index in [1.807, 2.05) is 38.1 Å². The Morgan fingerprint density at radius 3 is 2.89 bits per heavy atom. The SMILES string of the molecule is CCOCC(=O)N1CCC(F)(c2ccccc2C)C1. The van der Waals surface area contributed by atoms with Crippen LogP contribution in [0, 0.1) is 6.92 Å². The second-order valence-electron chi connectivity index (χ2n) is 4.98. The highest BCUT2D eigenvalue weighted by molar-refractivity contribution is 5.78. The zero-order valence-electron chi connectivity index (χ0n) is 11.5. The molecule has 1 unspecified atom stereocenters. The van der Waals surface area contributed by atoms with E-state index in [4.69, 9.17) is 4.74 Å². The van der Waals surface area contributed by atoms with E-state index in [9.17, 15) is 4.79 Å². The van der Waals surface area contributed by atoms with Gasteiger partial charge in [-0.1, -0.05) is 24.3 Å². The molecule has 104 valence electrons. The van der Waals surface area contributed by atoms with E-state index in [1.54, 1.807) is 4.90 Å². The van der Waals surface area contributed by atoms with Crippen molar-refractivity contribution in [2.45, 2.75) is 25.9 Å². The van der Waals surface area contributed by atoms with Crippen LogP contribution in [0.25, 0.3) is 0 Å². The van der Waals surface area contributed by atoms with Crippen molar-refractivity contribution in [3.8, 4) is 0 Å². The Balaban J connectivity index is 2.08. The zero-order chi connectivity index (χ0) is 13.9. The number of rotatable bonds is 4. The molecule has 1 aliphatic heterocycles. The Bertz CT molecular complexity index is 463. The average molecular weight is 265 g/mol. The fourth-order valence-electron chi connectivity index (χ4n) is 2.56. The largest absolute Gasteiger partial charge is 0.372 e. The van der Waals surface area contributed by atoms with Crippen LogP contribution in [-0.4, -0.2) is 37.1 Å². The van der Waals surface area contributed by atoms with Crippen LogP contribution < -0.4 is 0 Å². The Hall–Kier alpha value is -1.42. The summed E-state index contributed by atoms with van der Waals surface area (Å²) in [5.74, 6) is -0.130. The average Bonchev–Trinajstić information content (AvgIpc) is 2.80. The van der Waals surface area contributed by atoms with Crippen molar-refractivity contribution in [2.75, 3.05) is 26.3 Å². The van der Waals surface area contributed by atoms with Gasteiger partial charge < -0.3 is 9.64 Å². The highest BCUT2D eigenvalue weighted by atomic mass is 19.1. The predicted octanol–water partition coefficient (Wildman–Crippen LogP) is 2.43. The summed E-state index contributed by atoms with van der Waals surface area (Å²) < 4.78 is 20.1. The molecule has 1 amide bonds. The molecule has 0 spiro atoms. The monoisotopic (exact) mass is 265 g/mol. The molecule has 0 aromatic heterocycles. The maximum atomic E-state index is 15.0. The van der Waals surface area contributed by atoms with Gasteiger partial charge in [0.15, 0.2) is 5.67 Å². The molecule has 1 fully saturated rings. The Kier molecular flexibility index (Phi) is 4.20. The minimum absolute atomic E-state index is 0.0420. The Morgan fingerprint density at radius 1 is 1.47 bits per heavy atom. The van der Waals surface area contributed by atoms with Gasteiger partial charge in [-0.2, -0.15) is 0 Å². The molecule has 2 rings (SSSR count). The van der Waals surface area contributed by atoms with Crippen LogP contribution in [0.2, 0.25) is 0 Å². The lowest BCUT2D eigenvalue weighted by molar-refractivity contribution is -0.135. The van der Waals surface area contributed by atoms with Crippen LogP contribution in [0.3, 0.4) is 0 Å². The molecule has 4 heteroatoms. The third-order valence-corrected chi connectivity index (χ3v) is 3.63. The Labute approximate surface area is 113 Å². The molecule has 0 aliphatic carbocycles. The van der Waals surface area contributed by atoms with E-state index in [2.05, 4.69) is 0 Å². The van der Waals surface area contributed by atoms with Gasteiger partial charge in [0.25, 0.3) is 0 Å². The summed E-state index contributed by atoms with van der Waals surface area (Å²) in [6.45, 7) is 4.87. The van der Waals surface area contributed by atoms with Gasteiger partial charge in [-0.25, -0.2) is 4.39 Å². The van der Waals surface area contributed by atoms with Crippen molar-refractivity contribution < 1.29 is 13.9 Å². The van der Waals surface area contributed by atoms with Gasteiger partial charge in [0.1, 0.15) is 6.61 Å². The fraction of sp³-hybridized carbons (Fsp3) is 0.533. The van der Waals surface area contributed by atoms with E-state index >= 15 is 4.39 Å². The summed E-state index contributed by atoms with van der Waals surface area (Å²) in [6, 6.07) is 7.46. The molecule has 1 aromatic carbocycles. The second kappa shape index (κ2) is 5.70. The number of aryl methyl sites for hydroxylation is 1. The normalized spacial score (nSPS) is 22.8. The van der Waals surface area contributed by atoms with Gasteiger partial charge in [0.2, 0.25) is 5.91 Å². The minimum atomic E-state index is -1.42. The number of carbonyl (C=O) groups is 1. The summed E-state index contributed by atoms with van der Waals surface area (Å²) in [7, 11) is 0. The molecule has 0 saturated carbocycles. The number of hydrogen-bond donors (Lipinski definition) is 0. The quantitative estimate of drug-likeness (QED) is 0.836. The van der Waals surface area contributed by atoms with E-state index in [1.165, 1.54) is 0 Å². The standard InChI is InChI=1S/C15H20FNO2/c1-3-19-10-14(18)17-9-8-15(16,11-17)13-7-5-4-6-12(13)2/h4-7H,3,8-11H2,1-2H3. The third-order valence-electron chi connectivity index (χ3n) is 3.63. The number of ether oxygens (including phenoxy) is 1. The molecule has 1 saturated heterocycles. The smallest absolute Gasteiger partial charge is 0.248 e. The van der Waals surface area contributed by atoms with Gasteiger partial charge in [0.05, 0.1) is 6.54 Å². The molecule has 1 atom stereocenters. The first-order chi connectivity index (χ1) is 9.07. The lowest BCUT2D eigenvalue weighted by Crippen LogP contribution is -2.35. The number of likely N-dealkylation sites (tertiary alicyclic amines) is 1. The van der Waals surface area contributed by atoms with Crippen LogP contribution in [-0.2, 0) is 15.2 Å². The van der Waals surface area contributed by atoms with Crippen LogP contribution in [0.15, 0.2) is 24.3 Å². The van der Waals surface area contributed by atoms with Crippen molar-refractivity contribution >= 4 is 5.91 Å². The first kappa shape index (κ1) is 14.0. The zero-order valence-corrected chi connectivity index (χ0v) is 11.5. The molecular formula is C15H20FNO2. The molecule has 0 N–H and O–H groups in total. The minimum Gasteiger partial charge on any atom is -0.372 e. The number of amides is 1. The van der Waals surface area contributed by atoms with Gasteiger partial charge in [0, 0.05) is 19.6 Å². The van der Waals surface area contributed by atoms with Crippen molar-refractivity contribution in [1.82, 2.24) is 4.90 Å². The maximum absolute atomic E-state index is 15.0. The van der Waals surface area contributed by atoms with Crippen LogP contribution >= 0.6 is 0 Å². The highest BCUT2D eigenvalue weighted by Gasteiger charge is 2.42. The molecule has 1 aliphatic rings. The van der Waals surface area contributed by atoms with E-state index < -0.39 is 5.67 Å². The number of hydrogen-bond acceptors (Lipinski definition) is 2. The number of alkyl halides is 1. The summed E-state index contributed by atoms with van der Waals surface area (Å²) >= 11 is 0. The highest BCUT2D eigenvalue weighted by Crippen LogP contribution is 2.37. The van der Waals surface area contributed by atoms with E-state index in [0.717, 1.165) is 5.56 Å². The first-order valence-electron chi connectivity index (χ1n) is 6.67. The molecule has 0 radical (unpaired) electrons. The van der Waals surface area contributed by atoms with Crippen LogP contribution in [0.5, 0.6) is 0 Å². The topological polar surface area (TPSA) is 29.5 Å². The number of benzene rings is 1. The predicted molar refractivity (Wildman–Crippen MR) is 71.7 cm³/mol. The van der Waals surface area contributed by atoms with Crippen LogP contribution in [0.1, 0.15) is 24.5 Å². The van der Waals surface area contributed by atoms with Crippen molar-refractivity contribution in [3.05, 3.63) is 35.4 Å². The van der Waals surface area contributed by atoms with Crippen molar-refractivity contribution in [1.29, 1.82) is 0 Å². The van der Waals surface area contributed by atoms with Crippen molar-refractivity contribution in [3.63, 3.8) is 0 Å². The van der Waals surface area contributed by atoms with E-state index in [-0.39, 0.29) is 19.1 Å². The Morgan fingerprint density at radius 2 is 2.21 bits per heavy atom. The molecule has 0 bridgehead atoms. The summed E-state index contributed by atoms with van der Waals surface area (Å²) in [4.78, 5) is 13.4. The van der Waals surface area contributed by atoms with Crippen LogP contribution in [0.4, 0.5) is 4.39 Å². The number of carbonyl (C=O) groups excluding carboxylic acids is 1. The van der Waals surface area contributed by atoms with Gasteiger partial charge in [-0.05, 0) is 25.0 Å². The molecule has 3 nitrogen and oxygen atoms in total. The van der Waals surface area contributed by atoms with E-state index in [0.29, 0.717) is 25.1 Å². The molecule has 1 heterocycles. The molecule has 1 aromatic rings. The van der Waals surface area contributed by atoms with Gasteiger partial charge in [-0.3, -0.25) is 4.79 Å². The maximum Gasteiger partial charge on any atom is 0.248 e. The van der Waals surface area contributed by atoms with Gasteiger partial charge in [-0.15, -0.1) is 0 Å². The first-order valence-corrected chi connectivity index (χ1v) is 6.67. The lowest BCUT2D eigenvalue weighted by atomic mass is 9.91.